The standard InChI is InChI=1S/C14H24N2S/c1-3-13-10-16(6-7-17-13)14-8-11(2)4-5-12(14)9-15/h11-14H,3-8,10H2,1-2H3. The van der Waals surface area contributed by atoms with Gasteiger partial charge in [0.15, 0.2) is 0 Å². The lowest BCUT2D eigenvalue weighted by atomic mass is 9.79. The molecule has 1 heterocycles. The summed E-state index contributed by atoms with van der Waals surface area (Å²) >= 11 is 2.12. The third-order valence-corrected chi connectivity index (χ3v) is 5.71. The summed E-state index contributed by atoms with van der Waals surface area (Å²) in [6.45, 7) is 7.02. The number of hydrogen-bond acceptors (Lipinski definition) is 3. The van der Waals surface area contributed by atoms with E-state index in [2.05, 4.69) is 36.6 Å². The molecule has 0 bridgehead atoms. The molecule has 0 aromatic rings. The smallest absolute Gasteiger partial charge is 0.0672 e. The van der Waals surface area contributed by atoms with Crippen LogP contribution in [0.1, 0.15) is 39.5 Å². The van der Waals surface area contributed by atoms with E-state index in [1.165, 1.54) is 38.1 Å². The second-order valence-corrected chi connectivity index (χ2v) is 7.03. The summed E-state index contributed by atoms with van der Waals surface area (Å²) in [4.78, 5) is 2.62. The van der Waals surface area contributed by atoms with E-state index in [1.807, 2.05) is 0 Å². The number of thioether (sulfide) groups is 1. The minimum atomic E-state index is 0.284. The third kappa shape index (κ3) is 3.17. The summed E-state index contributed by atoms with van der Waals surface area (Å²) in [5.41, 5.74) is 0. The third-order valence-electron chi connectivity index (χ3n) is 4.34. The fourth-order valence-electron chi connectivity index (χ4n) is 3.20. The minimum Gasteiger partial charge on any atom is -0.297 e. The molecule has 2 fully saturated rings. The molecular weight excluding hydrogens is 228 g/mol. The molecule has 2 rings (SSSR count). The zero-order valence-corrected chi connectivity index (χ0v) is 11.9. The second-order valence-electron chi connectivity index (χ2n) is 5.62. The highest BCUT2D eigenvalue weighted by molar-refractivity contribution is 8.00. The molecule has 0 radical (unpaired) electrons. The lowest BCUT2D eigenvalue weighted by Gasteiger charge is -2.43. The van der Waals surface area contributed by atoms with Crippen molar-refractivity contribution in [2.24, 2.45) is 11.8 Å². The monoisotopic (exact) mass is 252 g/mol. The van der Waals surface area contributed by atoms with Crippen molar-refractivity contribution in [1.82, 2.24) is 4.90 Å². The maximum absolute atomic E-state index is 9.32. The van der Waals surface area contributed by atoms with Crippen molar-refractivity contribution in [3.63, 3.8) is 0 Å². The molecule has 1 saturated carbocycles. The summed E-state index contributed by atoms with van der Waals surface area (Å²) in [6, 6.07) is 3.10. The molecule has 1 aliphatic carbocycles. The Morgan fingerprint density at radius 2 is 2.24 bits per heavy atom. The first-order valence-electron chi connectivity index (χ1n) is 6.99. The number of nitriles is 1. The normalized spacial score (nSPS) is 39.8. The molecule has 17 heavy (non-hydrogen) atoms. The van der Waals surface area contributed by atoms with Gasteiger partial charge in [0.1, 0.15) is 0 Å². The quantitative estimate of drug-likeness (QED) is 0.755. The van der Waals surface area contributed by atoms with Crippen LogP contribution in [-0.2, 0) is 0 Å². The largest absolute Gasteiger partial charge is 0.297 e. The summed E-state index contributed by atoms with van der Waals surface area (Å²) in [5, 5.41) is 10.1. The van der Waals surface area contributed by atoms with E-state index in [0.29, 0.717) is 6.04 Å². The van der Waals surface area contributed by atoms with E-state index in [-0.39, 0.29) is 5.92 Å². The van der Waals surface area contributed by atoms with Gasteiger partial charge < -0.3 is 0 Å². The fourth-order valence-corrected chi connectivity index (χ4v) is 4.40. The van der Waals surface area contributed by atoms with Crippen molar-refractivity contribution >= 4 is 11.8 Å². The fraction of sp³-hybridized carbons (Fsp3) is 0.929. The average Bonchev–Trinajstić information content (AvgIpc) is 2.39. The highest BCUT2D eigenvalue weighted by Crippen LogP contribution is 2.34. The molecule has 0 N–H and O–H groups in total. The maximum atomic E-state index is 9.32. The topological polar surface area (TPSA) is 27.0 Å². The Balaban J connectivity index is 2.00. The average molecular weight is 252 g/mol. The van der Waals surface area contributed by atoms with Crippen molar-refractivity contribution in [1.29, 1.82) is 5.26 Å². The first-order valence-corrected chi connectivity index (χ1v) is 8.04. The van der Waals surface area contributed by atoms with E-state index in [9.17, 15) is 5.26 Å². The van der Waals surface area contributed by atoms with Gasteiger partial charge >= 0.3 is 0 Å². The van der Waals surface area contributed by atoms with Crippen LogP contribution in [0.2, 0.25) is 0 Å². The van der Waals surface area contributed by atoms with Crippen molar-refractivity contribution in [2.45, 2.75) is 50.8 Å². The molecule has 0 aromatic carbocycles. The summed E-state index contributed by atoms with van der Waals surface area (Å²) < 4.78 is 0. The van der Waals surface area contributed by atoms with E-state index in [4.69, 9.17) is 0 Å². The summed E-state index contributed by atoms with van der Waals surface area (Å²) in [5.74, 6) is 2.34. The molecule has 96 valence electrons. The van der Waals surface area contributed by atoms with Crippen LogP contribution in [-0.4, -0.2) is 35.0 Å². The van der Waals surface area contributed by atoms with Gasteiger partial charge in [0.2, 0.25) is 0 Å². The first-order chi connectivity index (χ1) is 8.24. The Bertz CT molecular complexity index is 286. The van der Waals surface area contributed by atoms with Crippen LogP contribution >= 0.6 is 11.8 Å². The molecule has 2 aliphatic rings. The van der Waals surface area contributed by atoms with Crippen LogP contribution in [0.25, 0.3) is 0 Å². The van der Waals surface area contributed by atoms with E-state index < -0.39 is 0 Å². The van der Waals surface area contributed by atoms with Crippen LogP contribution in [0, 0.1) is 23.2 Å². The predicted molar refractivity (Wildman–Crippen MR) is 74.0 cm³/mol. The van der Waals surface area contributed by atoms with Gasteiger partial charge in [0.05, 0.1) is 12.0 Å². The zero-order valence-electron chi connectivity index (χ0n) is 11.1. The van der Waals surface area contributed by atoms with Crippen molar-refractivity contribution in [3.05, 3.63) is 0 Å². The molecule has 2 nitrogen and oxygen atoms in total. The van der Waals surface area contributed by atoms with Crippen LogP contribution in [0.4, 0.5) is 0 Å². The van der Waals surface area contributed by atoms with Crippen LogP contribution < -0.4 is 0 Å². The van der Waals surface area contributed by atoms with Crippen molar-refractivity contribution < 1.29 is 0 Å². The lowest BCUT2D eigenvalue weighted by Crippen LogP contribution is -2.49. The summed E-state index contributed by atoms with van der Waals surface area (Å²) in [7, 11) is 0. The first kappa shape index (κ1) is 13.2. The van der Waals surface area contributed by atoms with Gasteiger partial charge in [0.25, 0.3) is 0 Å². The number of hydrogen-bond donors (Lipinski definition) is 0. The van der Waals surface area contributed by atoms with E-state index in [0.717, 1.165) is 17.6 Å². The molecule has 3 heteroatoms. The molecular formula is C14H24N2S. The van der Waals surface area contributed by atoms with Gasteiger partial charge in [0, 0.05) is 30.1 Å². The SMILES string of the molecule is CCC1CN(C2CC(C)CCC2C#N)CCS1. The number of rotatable bonds is 2. The molecule has 0 aromatic heterocycles. The van der Waals surface area contributed by atoms with Gasteiger partial charge in [-0.2, -0.15) is 17.0 Å². The Kier molecular flexibility index (Phi) is 4.76. The lowest BCUT2D eigenvalue weighted by molar-refractivity contribution is 0.108. The second kappa shape index (κ2) is 6.11. The summed E-state index contributed by atoms with van der Waals surface area (Å²) in [6.07, 6.45) is 4.86. The van der Waals surface area contributed by atoms with Gasteiger partial charge in [-0.1, -0.05) is 13.8 Å². The Morgan fingerprint density at radius 3 is 2.94 bits per heavy atom. The van der Waals surface area contributed by atoms with Crippen LogP contribution in [0.3, 0.4) is 0 Å². The predicted octanol–water partition coefficient (Wildman–Crippen LogP) is 3.14. The molecule has 0 amide bonds. The van der Waals surface area contributed by atoms with E-state index in [1.54, 1.807) is 0 Å². The minimum absolute atomic E-state index is 0.284. The molecule has 4 unspecified atom stereocenters. The molecule has 0 spiro atoms. The van der Waals surface area contributed by atoms with Gasteiger partial charge in [-0.3, -0.25) is 4.90 Å². The highest BCUT2D eigenvalue weighted by Gasteiger charge is 2.35. The zero-order chi connectivity index (χ0) is 12.3. The Morgan fingerprint density at radius 1 is 1.41 bits per heavy atom. The van der Waals surface area contributed by atoms with Crippen molar-refractivity contribution in [3.8, 4) is 6.07 Å². The van der Waals surface area contributed by atoms with Crippen LogP contribution in [0.5, 0.6) is 0 Å². The molecule has 1 saturated heterocycles. The van der Waals surface area contributed by atoms with Gasteiger partial charge in [-0.15, -0.1) is 0 Å². The number of nitrogens with zero attached hydrogens (tertiary/aromatic N) is 2. The Hall–Kier alpha value is -0.200. The van der Waals surface area contributed by atoms with Crippen molar-refractivity contribution in [2.75, 3.05) is 18.8 Å². The maximum Gasteiger partial charge on any atom is 0.0672 e. The molecule has 1 aliphatic heterocycles. The molecule has 4 atom stereocenters. The van der Waals surface area contributed by atoms with E-state index >= 15 is 0 Å². The van der Waals surface area contributed by atoms with Crippen LogP contribution in [0.15, 0.2) is 0 Å². The van der Waals surface area contributed by atoms with Gasteiger partial charge in [-0.25, -0.2) is 0 Å². The van der Waals surface area contributed by atoms with Gasteiger partial charge in [-0.05, 0) is 31.6 Å². The highest BCUT2D eigenvalue weighted by atomic mass is 32.2. The Labute approximate surface area is 110 Å².